The van der Waals surface area contributed by atoms with E-state index in [0.29, 0.717) is 10.5 Å². The maximum Gasteiger partial charge on any atom is 0.203 e. The van der Waals surface area contributed by atoms with E-state index in [4.69, 9.17) is 5.73 Å². The molecule has 13 heavy (non-hydrogen) atoms. The zero-order chi connectivity index (χ0) is 9.47. The van der Waals surface area contributed by atoms with Gasteiger partial charge in [0.1, 0.15) is 5.01 Å². The van der Waals surface area contributed by atoms with Gasteiger partial charge in [0.15, 0.2) is 0 Å². The molecule has 5 heteroatoms. The molecule has 2 N–H and O–H groups in total. The standard InChI is InChI=1S/C8H14N4S/c1-8(2)4-12(5-8)3-6-10-11-7(9)13-6/h3-5H2,1-2H3,(H2,9,11). The third kappa shape index (κ3) is 1.97. The minimum Gasteiger partial charge on any atom is -0.374 e. The van der Waals surface area contributed by atoms with Gasteiger partial charge in [-0.15, -0.1) is 10.2 Å². The predicted molar refractivity (Wildman–Crippen MR) is 53.4 cm³/mol. The van der Waals surface area contributed by atoms with Crippen LogP contribution in [0.2, 0.25) is 0 Å². The molecule has 1 saturated heterocycles. The van der Waals surface area contributed by atoms with Gasteiger partial charge in [-0.3, -0.25) is 4.90 Å². The van der Waals surface area contributed by atoms with Gasteiger partial charge in [-0.2, -0.15) is 0 Å². The first-order valence-corrected chi connectivity index (χ1v) is 5.17. The molecule has 1 aromatic heterocycles. The van der Waals surface area contributed by atoms with E-state index in [1.165, 1.54) is 11.3 Å². The Morgan fingerprint density at radius 3 is 2.62 bits per heavy atom. The molecule has 2 rings (SSSR count). The quantitative estimate of drug-likeness (QED) is 0.769. The van der Waals surface area contributed by atoms with E-state index < -0.39 is 0 Å². The minimum absolute atomic E-state index is 0.482. The Kier molecular flexibility index (Phi) is 2.00. The van der Waals surface area contributed by atoms with Crippen LogP contribution >= 0.6 is 11.3 Å². The summed E-state index contributed by atoms with van der Waals surface area (Å²) in [5, 5.41) is 9.36. The zero-order valence-electron chi connectivity index (χ0n) is 7.95. The van der Waals surface area contributed by atoms with Crippen molar-refractivity contribution in [1.82, 2.24) is 15.1 Å². The second-order valence-electron chi connectivity index (χ2n) is 4.34. The molecule has 0 aromatic carbocycles. The van der Waals surface area contributed by atoms with Crippen LogP contribution in [0, 0.1) is 5.41 Å². The zero-order valence-corrected chi connectivity index (χ0v) is 8.77. The van der Waals surface area contributed by atoms with Gasteiger partial charge in [0.25, 0.3) is 0 Å². The number of aromatic nitrogens is 2. The summed E-state index contributed by atoms with van der Waals surface area (Å²) >= 11 is 1.48. The Morgan fingerprint density at radius 2 is 2.15 bits per heavy atom. The van der Waals surface area contributed by atoms with Gasteiger partial charge in [-0.25, -0.2) is 0 Å². The first-order chi connectivity index (χ1) is 6.05. The highest BCUT2D eigenvalue weighted by Crippen LogP contribution is 2.30. The Labute approximate surface area is 81.8 Å². The fraction of sp³-hybridized carbons (Fsp3) is 0.750. The van der Waals surface area contributed by atoms with Gasteiger partial charge in [0, 0.05) is 13.1 Å². The summed E-state index contributed by atoms with van der Waals surface area (Å²) in [7, 11) is 0. The second kappa shape index (κ2) is 2.92. The summed E-state index contributed by atoms with van der Waals surface area (Å²) in [4.78, 5) is 2.36. The minimum atomic E-state index is 0.482. The van der Waals surface area contributed by atoms with Gasteiger partial charge in [0.2, 0.25) is 5.13 Å². The lowest BCUT2D eigenvalue weighted by atomic mass is 9.84. The molecule has 0 atom stereocenters. The maximum atomic E-state index is 5.49. The van der Waals surface area contributed by atoms with Gasteiger partial charge < -0.3 is 5.73 Å². The molecule has 0 aliphatic carbocycles. The van der Waals surface area contributed by atoms with Gasteiger partial charge in [-0.05, 0) is 5.41 Å². The average molecular weight is 198 g/mol. The van der Waals surface area contributed by atoms with E-state index in [2.05, 4.69) is 28.9 Å². The summed E-state index contributed by atoms with van der Waals surface area (Å²) in [6.07, 6.45) is 0. The number of anilines is 1. The highest BCUT2D eigenvalue weighted by molar-refractivity contribution is 7.15. The Hall–Kier alpha value is -0.680. The molecule has 0 bridgehead atoms. The van der Waals surface area contributed by atoms with Crippen LogP contribution in [0.5, 0.6) is 0 Å². The summed E-state index contributed by atoms with van der Waals surface area (Å²) < 4.78 is 0. The van der Waals surface area contributed by atoms with Crippen molar-refractivity contribution in [2.24, 2.45) is 5.41 Å². The van der Waals surface area contributed by atoms with E-state index in [1.54, 1.807) is 0 Å². The van der Waals surface area contributed by atoms with E-state index in [-0.39, 0.29) is 0 Å². The van der Waals surface area contributed by atoms with Crippen LogP contribution in [0.4, 0.5) is 5.13 Å². The van der Waals surface area contributed by atoms with Crippen molar-refractivity contribution in [3.05, 3.63) is 5.01 Å². The van der Waals surface area contributed by atoms with Crippen molar-refractivity contribution in [1.29, 1.82) is 0 Å². The molecule has 2 heterocycles. The van der Waals surface area contributed by atoms with Crippen LogP contribution in [-0.4, -0.2) is 28.2 Å². The predicted octanol–water partition coefficient (Wildman–Crippen LogP) is 0.962. The number of hydrogen-bond donors (Lipinski definition) is 1. The largest absolute Gasteiger partial charge is 0.374 e. The third-order valence-electron chi connectivity index (χ3n) is 2.14. The number of nitrogens with zero attached hydrogens (tertiary/aromatic N) is 3. The van der Waals surface area contributed by atoms with Crippen LogP contribution in [0.3, 0.4) is 0 Å². The Bertz CT molecular complexity index is 299. The van der Waals surface area contributed by atoms with Crippen LogP contribution in [-0.2, 0) is 6.54 Å². The van der Waals surface area contributed by atoms with Crippen molar-refractivity contribution in [2.75, 3.05) is 18.8 Å². The van der Waals surface area contributed by atoms with Crippen molar-refractivity contribution >= 4 is 16.5 Å². The molecule has 4 nitrogen and oxygen atoms in total. The summed E-state index contributed by atoms with van der Waals surface area (Å²) in [6.45, 7) is 7.74. The molecular formula is C8H14N4S. The van der Waals surface area contributed by atoms with Crippen LogP contribution in [0.1, 0.15) is 18.9 Å². The lowest BCUT2D eigenvalue weighted by Crippen LogP contribution is -2.52. The smallest absolute Gasteiger partial charge is 0.203 e. The summed E-state index contributed by atoms with van der Waals surface area (Å²) in [5.74, 6) is 0. The number of nitrogen functional groups attached to an aromatic ring is 1. The monoisotopic (exact) mass is 198 g/mol. The average Bonchev–Trinajstić information content (AvgIpc) is 2.31. The molecule has 1 fully saturated rings. The molecule has 72 valence electrons. The van der Waals surface area contributed by atoms with E-state index in [1.807, 2.05) is 0 Å². The molecule has 0 saturated carbocycles. The molecule has 0 spiro atoms. The van der Waals surface area contributed by atoms with Crippen molar-refractivity contribution in [2.45, 2.75) is 20.4 Å². The lowest BCUT2D eigenvalue weighted by Gasteiger charge is -2.45. The SMILES string of the molecule is CC1(C)CN(Cc2nnc(N)s2)C1. The molecule has 0 unspecified atom stereocenters. The van der Waals surface area contributed by atoms with Gasteiger partial charge in [0.05, 0.1) is 6.54 Å². The third-order valence-corrected chi connectivity index (χ3v) is 2.88. The molecule has 1 aliphatic rings. The first kappa shape index (κ1) is 8.90. The number of rotatable bonds is 2. The van der Waals surface area contributed by atoms with Crippen LogP contribution < -0.4 is 5.73 Å². The van der Waals surface area contributed by atoms with Crippen LogP contribution in [0.15, 0.2) is 0 Å². The Morgan fingerprint density at radius 1 is 1.46 bits per heavy atom. The van der Waals surface area contributed by atoms with Gasteiger partial charge >= 0.3 is 0 Å². The highest BCUT2D eigenvalue weighted by Gasteiger charge is 2.34. The highest BCUT2D eigenvalue weighted by atomic mass is 32.1. The molecule has 1 aromatic rings. The second-order valence-corrected chi connectivity index (χ2v) is 5.44. The van der Waals surface area contributed by atoms with E-state index >= 15 is 0 Å². The summed E-state index contributed by atoms with van der Waals surface area (Å²) in [5.41, 5.74) is 5.98. The molecule has 1 aliphatic heterocycles. The van der Waals surface area contributed by atoms with Crippen molar-refractivity contribution < 1.29 is 0 Å². The fourth-order valence-corrected chi connectivity index (χ4v) is 2.45. The number of hydrogen-bond acceptors (Lipinski definition) is 5. The molecular weight excluding hydrogens is 184 g/mol. The van der Waals surface area contributed by atoms with E-state index in [0.717, 1.165) is 24.6 Å². The number of likely N-dealkylation sites (tertiary alicyclic amines) is 1. The topological polar surface area (TPSA) is 55.0 Å². The maximum absolute atomic E-state index is 5.49. The van der Waals surface area contributed by atoms with Crippen molar-refractivity contribution in [3.63, 3.8) is 0 Å². The number of nitrogens with two attached hydrogens (primary N) is 1. The Balaban J connectivity index is 1.87. The molecule has 0 radical (unpaired) electrons. The lowest BCUT2D eigenvalue weighted by molar-refractivity contribution is 0.0240. The van der Waals surface area contributed by atoms with Gasteiger partial charge in [-0.1, -0.05) is 25.2 Å². The first-order valence-electron chi connectivity index (χ1n) is 4.35. The van der Waals surface area contributed by atoms with Crippen LogP contribution in [0.25, 0.3) is 0 Å². The normalized spacial score (nSPS) is 21.4. The van der Waals surface area contributed by atoms with E-state index in [9.17, 15) is 0 Å². The van der Waals surface area contributed by atoms with Crippen molar-refractivity contribution in [3.8, 4) is 0 Å². The molecule has 0 amide bonds. The fourth-order valence-electron chi connectivity index (χ4n) is 1.80. The summed E-state index contributed by atoms with van der Waals surface area (Å²) in [6, 6.07) is 0.